The fourth-order valence-corrected chi connectivity index (χ4v) is 20.9. The number of aryl methyl sites for hydroxylation is 8. The van der Waals surface area contributed by atoms with Crippen molar-refractivity contribution in [3.8, 4) is 45.3 Å². The maximum Gasteiger partial charge on any atom is 0.355 e. The summed E-state index contributed by atoms with van der Waals surface area (Å²) in [6.45, 7) is 37.6. The summed E-state index contributed by atoms with van der Waals surface area (Å²) < 4.78 is 44.0. The maximum absolute atomic E-state index is 15.3. The predicted molar refractivity (Wildman–Crippen MR) is 575 cm³/mol. The lowest BCUT2D eigenvalue weighted by atomic mass is 9.95. The molecule has 2 atom stereocenters. The summed E-state index contributed by atoms with van der Waals surface area (Å²) in [5, 5.41) is 2.02. The largest absolute Gasteiger partial charge is 0.398 e. The number of piperazine rings is 2. The Balaban J connectivity index is 0.000000136. The number of aromatic amines is 2. The van der Waals surface area contributed by atoms with E-state index in [2.05, 4.69) is 63.0 Å². The molecule has 18 aromatic rings. The van der Waals surface area contributed by atoms with Crippen LogP contribution >= 0.6 is 69.6 Å². The molecule has 146 heavy (non-hydrogen) atoms. The van der Waals surface area contributed by atoms with Crippen molar-refractivity contribution in [2.75, 3.05) is 60.5 Å². The van der Waals surface area contributed by atoms with Crippen LogP contribution in [-0.2, 0) is 37.8 Å². The van der Waals surface area contributed by atoms with Gasteiger partial charge in [-0.05, 0) is 172 Å². The molecule has 12 aromatic heterocycles. The van der Waals surface area contributed by atoms with Crippen LogP contribution in [0, 0.1) is 39.3 Å². The Labute approximate surface area is 862 Å². The number of halogens is 8. The minimum Gasteiger partial charge on any atom is -0.398 e. The average Bonchev–Trinajstić information content (AvgIpc) is 1.38. The third kappa shape index (κ3) is 18.0. The molecule has 2 amide bonds. The molecule has 34 nitrogen and oxygen atoms in total. The summed E-state index contributed by atoms with van der Waals surface area (Å²) in [5.41, 5.74) is 26.7. The maximum atomic E-state index is 15.3. The van der Waals surface area contributed by atoms with Crippen molar-refractivity contribution in [1.29, 1.82) is 0 Å². The van der Waals surface area contributed by atoms with E-state index < -0.39 is 45.5 Å². The third-order valence-corrected chi connectivity index (χ3v) is 28.5. The first-order chi connectivity index (χ1) is 69.2. The van der Waals surface area contributed by atoms with Gasteiger partial charge < -0.3 is 49.3 Å². The lowest BCUT2D eigenvalue weighted by molar-refractivity contribution is -0.127. The van der Waals surface area contributed by atoms with Crippen LogP contribution in [0.2, 0.25) is 30.4 Å². The van der Waals surface area contributed by atoms with E-state index in [1.165, 1.54) is 66.8 Å². The molecule has 0 unspecified atom stereocenters. The number of amides is 2. The van der Waals surface area contributed by atoms with Crippen molar-refractivity contribution >= 4 is 193 Å². The zero-order chi connectivity index (χ0) is 105. The van der Waals surface area contributed by atoms with E-state index in [1.807, 2.05) is 177 Å². The van der Waals surface area contributed by atoms with E-state index in [0.29, 0.717) is 84.4 Å². The summed E-state index contributed by atoms with van der Waals surface area (Å²) >= 11 is 38.0. The Hall–Kier alpha value is -14.8. The molecule has 2 aliphatic rings. The van der Waals surface area contributed by atoms with Gasteiger partial charge in [-0.15, -0.1) is 0 Å². The van der Waals surface area contributed by atoms with Crippen molar-refractivity contribution in [2.45, 2.75) is 133 Å². The zero-order valence-corrected chi connectivity index (χ0v) is 87.5. The average molecular weight is 2090 g/mol. The molecule has 0 radical (unpaired) electrons. The number of imidazole rings is 4. The highest BCUT2D eigenvalue weighted by Gasteiger charge is 2.37. The van der Waals surface area contributed by atoms with Crippen molar-refractivity contribution in [3.05, 3.63) is 285 Å². The van der Waals surface area contributed by atoms with E-state index in [4.69, 9.17) is 91.0 Å². The van der Waals surface area contributed by atoms with Crippen LogP contribution in [0.3, 0.4) is 0 Å². The molecule has 2 fully saturated rings. The molecule has 0 spiro atoms. The number of hydrogen-bond donors (Lipinski definition) is 4. The van der Waals surface area contributed by atoms with Gasteiger partial charge in [0, 0.05) is 113 Å². The van der Waals surface area contributed by atoms with Crippen LogP contribution in [0.15, 0.2) is 164 Å². The Morgan fingerprint density at radius 3 is 0.979 bits per heavy atom. The molecule has 0 saturated carbocycles. The van der Waals surface area contributed by atoms with Crippen LogP contribution in [0.5, 0.6) is 0 Å². The molecular formula is C104H102Cl6F2N26O8. The number of H-pyrrole nitrogens is 2. The van der Waals surface area contributed by atoms with Crippen LogP contribution in [0.4, 0.5) is 31.8 Å². The van der Waals surface area contributed by atoms with Gasteiger partial charge in [0.1, 0.15) is 33.6 Å². The number of hydrogen-bond acceptors (Lipinski definition) is 22. The van der Waals surface area contributed by atoms with Crippen LogP contribution in [0.25, 0.3) is 134 Å². The molecule has 0 aliphatic carbocycles. The molecule has 42 heteroatoms. The lowest BCUT2D eigenvalue weighted by Gasteiger charge is -2.40. The first kappa shape index (κ1) is 103. The van der Waals surface area contributed by atoms with E-state index in [9.17, 15) is 38.4 Å². The van der Waals surface area contributed by atoms with E-state index >= 15 is 8.78 Å². The number of aromatic nitrogens is 20. The molecule has 6 N–H and O–H groups in total. The molecule has 0 bridgehead atoms. The summed E-state index contributed by atoms with van der Waals surface area (Å²) in [6, 6.07) is 22.5. The van der Waals surface area contributed by atoms with Gasteiger partial charge in [0.05, 0.1) is 156 Å². The number of carbonyl (C=O) groups excluding carboxylic acids is 2. The number of benzene rings is 6. The second-order valence-corrected chi connectivity index (χ2v) is 40.1. The summed E-state index contributed by atoms with van der Waals surface area (Å²) in [7, 11) is 7.69. The van der Waals surface area contributed by atoms with Crippen molar-refractivity contribution < 1.29 is 18.4 Å². The molecule has 14 heterocycles. The minimum absolute atomic E-state index is 0.0237. The topological polar surface area (TPSA) is 401 Å². The number of nitrogens with two attached hydrogens (primary N) is 2. The number of pyridine rings is 4. The van der Waals surface area contributed by atoms with Crippen LogP contribution < -0.4 is 55.1 Å². The van der Waals surface area contributed by atoms with Gasteiger partial charge in [-0.3, -0.25) is 29.1 Å². The summed E-state index contributed by atoms with van der Waals surface area (Å²) in [6.07, 6.45) is 9.56. The standard InChI is InChI=1S/2C33H34ClFN8O2.2C19H17Cl2N5O2/c2*1-7-25(44)41-11-12-42(19(5)15-41)31-20-14-21(34)28(27-22(35)9-8-10-23(27)36)38-32(20)43(33(45)39-31)30-18(4)13-24-29(26(30)17(2)3)37-16-40(24)6;2*1-8(2)13-14-12(25(4)7-22-14)5-9(3)15(13)26-17-10(18(27)24-19(26)28)6-11(20)16(21)23-17/h2*7-10,13-14,16-17,19H,1,11-12,15,36H2,2-6H3;2*5-8H,1-4H3,(H,24,27,28)/t2*19-;;/m00../s1. The Morgan fingerprint density at radius 1 is 0.411 bits per heavy atom. The highest BCUT2D eigenvalue weighted by Crippen LogP contribution is 2.45. The highest BCUT2D eigenvalue weighted by molar-refractivity contribution is 6.42. The number of fused-ring (bicyclic) bond motifs is 8. The third-order valence-electron chi connectivity index (χ3n) is 26.6. The Morgan fingerprint density at radius 2 is 0.699 bits per heavy atom. The first-order valence-electron chi connectivity index (χ1n) is 46.8. The fourth-order valence-electron chi connectivity index (χ4n) is 19.9. The van der Waals surface area contributed by atoms with E-state index in [0.717, 1.165) is 88.6 Å². The van der Waals surface area contributed by atoms with E-state index in [-0.39, 0.29) is 145 Å². The van der Waals surface area contributed by atoms with Gasteiger partial charge in [-0.2, -0.15) is 9.97 Å². The molecule has 6 aromatic carbocycles. The molecule has 2 aliphatic heterocycles. The Bertz CT molecular complexity index is 8410. The monoisotopic (exact) mass is 2090 g/mol. The number of nitrogen functional groups attached to an aromatic ring is 2. The second-order valence-electron chi connectivity index (χ2n) is 37.7. The molecular weight excluding hydrogens is 1990 g/mol. The number of nitrogens with one attached hydrogen (secondary N) is 2. The number of nitrogens with zero attached hydrogens (tertiary/aromatic N) is 22. The highest BCUT2D eigenvalue weighted by atomic mass is 35.5. The van der Waals surface area contributed by atoms with Gasteiger partial charge in [-0.25, -0.2) is 86.1 Å². The second kappa shape index (κ2) is 40.0. The first-order valence-corrected chi connectivity index (χ1v) is 49.1. The molecule has 20 rings (SSSR count). The summed E-state index contributed by atoms with van der Waals surface area (Å²) in [5.74, 6) is -0.653. The lowest BCUT2D eigenvalue weighted by Crippen LogP contribution is -2.54. The quantitative estimate of drug-likeness (QED) is 0.0446. The van der Waals surface area contributed by atoms with Crippen LogP contribution in [0.1, 0.15) is 137 Å². The van der Waals surface area contributed by atoms with Crippen molar-refractivity contribution in [3.63, 3.8) is 0 Å². The van der Waals surface area contributed by atoms with Crippen LogP contribution in [-0.4, -0.2) is 169 Å². The van der Waals surface area contributed by atoms with Gasteiger partial charge in [0.2, 0.25) is 11.8 Å². The SMILES string of the molecule is C=CC(=O)N1CCN(c2nc(=O)n(-c3c(C)cc4c(ncn4C)c3C(C)C)c3nc(-c4c(N)cccc4F)c(Cl)cc23)[C@@H](C)C1.C=CC(=O)N1CCN(c2nc(=O)n(-c3c(C)cc4c(ncn4C)c3C(C)C)c3nc(-c4c(N)cccc4F)c(Cl)cc23)[C@@H](C)C1.Cc1cc2c(ncn2C)c(C(C)C)c1-n1c(=O)[nH]c(=O)c2cc(Cl)c(Cl)nc21.Cc1cc2c(ncn2C)c(C(C)C)c1-n1c(=O)[nH]c(=O)c2cc(Cl)c(Cl)nc21. The van der Waals surface area contributed by atoms with Gasteiger partial charge in [0.25, 0.3) is 11.1 Å². The number of rotatable bonds is 14. The predicted octanol–water partition coefficient (Wildman–Crippen LogP) is 18.1. The van der Waals surface area contributed by atoms with Gasteiger partial charge in [0.15, 0.2) is 22.6 Å². The smallest absolute Gasteiger partial charge is 0.355 e. The number of anilines is 4. The summed E-state index contributed by atoms with van der Waals surface area (Å²) in [4.78, 5) is 162. The zero-order valence-electron chi connectivity index (χ0n) is 83.0. The van der Waals surface area contributed by atoms with Crippen molar-refractivity contribution in [1.82, 2.24) is 106 Å². The number of carbonyl (C=O) groups is 2. The molecule has 752 valence electrons. The van der Waals surface area contributed by atoms with Gasteiger partial charge in [-0.1, -0.05) is 150 Å². The normalized spacial score (nSPS) is 14.0. The van der Waals surface area contributed by atoms with E-state index in [1.54, 1.807) is 59.4 Å². The minimum atomic E-state index is -0.594. The Kier molecular flexibility index (Phi) is 28.1. The fraction of sp³-hybridized carbons (Fsp3) is 0.288. The van der Waals surface area contributed by atoms with Gasteiger partial charge >= 0.3 is 22.8 Å². The van der Waals surface area contributed by atoms with Crippen molar-refractivity contribution in [2.24, 2.45) is 28.2 Å². The molecule has 2 saturated heterocycles.